The number of rotatable bonds is 5. The van der Waals surface area contributed by atoms with E-state index >= 15 is 4.39 Å². The van der Waals surface area contributed by atoms with Gasteiger partial charge >= 0.3 is 6.03 Å². The van der Waals surface area contributed by atoms with Crippen molar-refractivity contribution in [1.29, 1.82) is 0 Å². The third-order valence-electron chi connectivity index (χ3n) is 5.93. The van der Waals surface area contributed by atoms with Crippen molar-refractivity contribution < 1.29 is 36.3 Å². The normalized spacial score (nSPS) is 15.3. The van der Waals surface area contributed by atoms with Crippen LogP contribution in [-0.2, 0) is 4.74 Å². The van der Waals surface area contributed by atoms with Crippen LogP contribution in [0.15, 0.2) is 48.8 Å². The smallest absolute Gasteiger partial charge is 0.323 e. The van der Waals surface area contributed by atoms with Crippen LogP contribution in [0.1, 0.15) is 27.7 Å². The molecule has 5 rings (SSSR count). The van der Waals surface area contributed by atoms with Crippen molar-refractivity contribution in [3.05, 3.63) is 94.7 Å². The lowest BCUT2D eigenvalue weighted by atomic mass is 10.0. The SMILES string of the molecule is O=C(Nc1ccc(F)c(F)c1)Nc1cc(F)c(F)c(C(=O)c2cc3cc(C4CNCCO4)cnc3cn2)c1F. The zero-order valence-corrected chi connectivity index (χ0v) is 19.8. The van der Waals surface area contributed by atoms with E-state index < -0.39 is 57.8 Å². The monoisotopic (exact) mass is 543 g/mol. The van der Waals surface area contributed by atoms with Crippen molar-refractivity contribution in [3.63, 3.8) is 0 Å². The fraction of sp³-hybridized carbons (Fsp3) is 0.154. The third-order valence-corrected chi connectivity index (χ3v) is 5.93. The minimum absolute atomic E-state index is 0.201. The van der Waals surface area contributed by atoms with E-state index in [1.54, 1.807) is 12.3 Å². The number of carbonyl (C=O) groups is 2. The van der Waals surface area contributed by atoms with Crippen LogP contribution >= 0.6 is 0 Å². The fourth-order valence-electron chi connectivity index (χ4n) is 4.01. The molecule has 2 amide bonds. The van der Waals surface area contributed by atoms with Gasteiger partial charge in [0.15, 0.2) is 29.1 Å². The number of carbonyl (C=O) groups excluding carboxylic acids is 2. The minimum atomic E-state index is -1.78. The molecule has 3 N–H and O–H groups in total. The van der Waals surface area contributed by atoms with E-state index in [2.05, 4.69) is 20.6 Å². The highest BCUT2D eigenvalue weighted by molar-refractivity contribution is 6.10. The number of anilines is 2. The van der Waals surface area contributed by atoms with Gasteiger partial charge in [0.05, 0.1) is 30.1 Å². The Balaban J connectivity index is 1.43. The van der Waals surface area contributed by atoms with Crippen LogP contribution in [0.25, 0.3) is 10.9 Å². The summed E-state index contributed by atoms with van der Waals surface area (Å²) in [4.78, 5) is 33.5. The van der Waals surface area contributed by atoms with Crippen molar-refractivity contribution in [2.45, 2.75) is 6.10 Å². The van der Waals surface area contributed by atoms with Gasteiger partial charge in [-0.2, -0.15) is 0 Å². The number of fused-ring (bicyclic) bond motifs is 1. The molecule has 8 nitrogen and oxygen atoms in total. The highest BCUT2D eigenvalue weighted by Gasteiger charge is 2.27. The van der Waals surface area contributed by atoms with Crippen LogP contribution in [0.5, 0.6) is 0 Å². The van der Waals surface area contributed by atoms with Gasteiger partial charge in [-0.05, 0) is 24.3 Å². The molecular weight excluding hydrogens is 525 g/mol. The molecule has 0 saturated carbocycles. The molecule has 1 atom stereocenters. The number of amides is 2. The summed E-state index contributed by atoms with van der Waals surface area (Å²) in [6.07, 6.45) is 2.54. The Kier molecular flexibility index (Phi) is 7.17. The van der Waals surface area contributed by atoms with E-state index in [4.69, 9.17) is 4.74 Å². The average molecular weight is 543 g/mol. The molecule has 39 heavy (non-hydrogen) atoms. The number of aromatic nitrogens is 2. The molecule has 13 heteroatoms. The van der Waals surface area contributed by atoms with Crippen LogP contribution < -0.4 is 16.0 Å². The summed E-state index contributed by atoms with van der Waals surface area (Å²) >= 11 is 0. The van der Waals surface area contributed by atoms with E-state index in [0.717, 1.165) is 12.1 Å². The highest BCUT2D eigenvalue weighted by atomic mass is 19.2. The number of benzene rings is 2. The van der Waals surface area contributed by atoms with Crippen molar-refractivity contribution in [3.8, 4) is 0 Å². The number of halogens is 5. The molecule has 3 heterocycles. The number of urea groups is 1. The summed E-state index contributed by atoms with van der Waals surface area (Å²) in [5, 5.41) is 7.64. The zero-order chi connectivity index (χ0) is 27.7. The minimum Gasteiger partial charge on any atom is -0.371 e. The maximum Gasteiger partial charge on any atom is 0.323 e. The number of hydrogen-bond acceptors (Lipinski definition) is 6. The molecule has 1 fully saturated rings. The highest BCUT2D eigenvalue weighted by Crippen LogP contribution is 2.28. The van der Waals surface area contributed by atoms with Gasteiger partial charge in [-0.1, -0.05) is 0 Å². The number of morpholine rings is 1. The van der Waals surface area contributed by atoms with E-state index in [0.29, 0.717) is 48.3 Å². The van der Waals surface area contributed by atoms with Gasteiger partial charge in [0.1, 0.15) is 11.3 Å². The van der Waals surface area contributed by atoms with E-state index in [1.807, 2.05) is 5.32 Å². The van der Waals surface area contributed by atoms with Crippen molar-refractivity contribution >= 4 is 34.1 Å². The second-order valence-electron chi connectivity index (χ2n) is 8.54. The van der Waals surface area contributed by atoms with Gasteiger partial charge in [-0.25, -0.2) is 26.7 Å². The summed E-state index contributed by atoms with van der Waals surface area (Å²) in [7, 11) is 0. The number of hydrogen-bond donors (Lipinski definition) is 3. The Labute approximate surface area is 217 Å². The van der Waals surface area contributed by atoms with Crippen LogP contribution in [0.2, 0.25) is 0 Å². The molecule has 0 aliphatic carbocycles. The molecule has 2 aromatic heterocycles. The van der Waals surface area contributed by atoms with Gasteiger partial charge < -0.3 is 20.7 Å². The number of pyridine rings is 2. The molecular formula is C26H18F5N5O3. The lowest BCUT2D eigenvalue weighted by molar-refractivity contribution is 0.0276. The lowest BCUT2D eigenvalue weighted by Gasteiger charge is -2.23. The molecule has 200 valence electrons. The first-order valence-corrected chi connectivity index (χ1v) is 11.5. The van der Waals surface area contributed by atoms with E-state index in [-0.39, 0.29) is 11.8 Å². The van der Waals surface area contributed by atoms with Crippen LogP contribution in [0, 0.1) is 29.1 Å². The number of nitrogens with zero attached hydrogens (tertiary/aromatic N) is 2. The summed E-state index contributed by atoms with van der Waals surface area (Å²) in [5.41, 5.74) is -1.65. The Morgan fingerprint density at radius 3 is 2.46 bits per heavy atom. The summed E-state index contributed by atoms with van der Waals surface area (Å²) in [6, 6.07) is 4.54. The summed E-state index contributed by atoms with van der Waals surface area (Å²) < 4.78 is 76.4. The molecule has 4 aromatic rings. The number of ether oxygens (including phenoxy) is 1. The maximum atomic E-state index is 15.2. The third kappa shape index (κ3) is 5.40. The standard InChI is InChI=1S/C26H18F5N5O3/c27-15-2-1-14(7-16(15)28)35-26(38)36-18-8-17(29)23(30)22(24(18)31)25(37)19-6-12-5-13(9-33-20(12)10-34-19)21-11-32-3-4-39-21/h1-2,5-10,21,32H,3-4,11H2,(H2,35,36,38). The average Bonchev–Trinajstić information content (AvgIpc) is 2.93. The molecule has 1 saturated heterocycles. The Bertz CT molecular complexity index is 1610. The fourth-order valence-corrected chi connectivity index (χ4v) is 4.01. The molecule has 1 aliphatic rings. The predicted octanol–water partition coefficient (Wildman–Crippen LogP) is 4.86. The van der Waals surface area contributed by atoms with Gasteiger partial charge in [0.2, 0.25) is 5.78 Å². The molecule has 0 bridgehead atoms. The molecule has 0 radical (unpaired) electrons. The summed E-state index contributed by atoms with van der Waals surface area (Å²) in [5.74, 6) is -8.66. The lowest BCUT2D eigenvalue weighted by Crippen LogP contribution is -2.33. The molecule has 1 aliphatic heterocycles. The molecule has 1 unspecified atom stereocenters. The van der Waals surface area contributed by atoms with Crippen molar-refractivity contribution in [2.24, 2.45) is 0 Å². The number of ketones is 1. The zero-order valence-electron chi connectivity index (χ0n) is 19.8. The quantitative estimate of drug-likeness (QED) is 0.189. The van der Waals surface area contributed by atoms with Crippen molar-refractivity contribution in [2.75, 3.05) is 30.3 Å². The predicted molar refractivity (Wildman–Crippen MR) is 130 cm³/mol. The first kappa shape index (κ1) is 26.1. The van der Waals surface area contributed by atoms with Crippen LogP contribution in [0.3, 0.4) is 0 Å². The molecule has 2 aromatic carbocycles. The number of nitrogens with one attached hydrogen (secondary N) is 3. The molecule has 0 spiro atoms. The van der Waals surface area contributed by atoms with Gasteiger partial charge in [0, 0.05) is 48.1 Å². The Morgan fingerprint density at radius 1 is 0.897 bits per heavy atom. The topological polar surface area (TPSA) is 105 Å². The Morgan fingerprint density at radius 2 is 1.72 bits per heavy atom. The Hall–Kier alpha value is -4.49. The first-order valence-electron chi connectivity index (χ1n) is 11.5. The van der Waals surface area contributed by atoms with Gasteiger partial charge in [-0.3, -0.25) is 14.8 Å². The van der Waals surface area contributed by atoms with Crippen molar-refractivity contribution in [1.82, 2.24) is 15.3 Å². The maximum absolute atomic E-state index is 15.2. The van der Waals surface area contributed by atoms with Crippen LogP contribution in [0.4, 0.5) is 38.1 Å². The van der Waals surface area contributed by atoms with Gasteiger partial charge in [-0.15, -0.1) is 0 Å². The van der Waals surface area contributed by atoms with E-state index in [1.165, 1.54) is 12.3 Å². The second kappa shape index (κ2) is 10.7. The van der Waals surface area contributed by atoms with Crippen LogP contribution in [-0.4, -0.2) is 41.5 Å². The first-order chi connectivity index (χ1) is 18.7. The summed E-state index contributed by atoms with van der Waals surface area (Å²) in [6.45, 7) is 1.74. The van der Waals surface area contributed by atoms with Gasteiger partial charge in [0.25, 0.3) is 0 Å². The second-order valence-corrected chi connectivity index (χ2v) is 8.54. The largest absolute Gasteiger partial charge is 0.371 e. The van der Waals surface area contributed by atoms with E-state index in [9.17, 15) is 27.2 Å².